The van der Waals surface area contributed by atoms with Gasteiger partial charge in [0.1, 0.15) is 0 Å². The Kier molecular flexibility index (Phi) is 4.54. The van der Waals surface area contributed by atoms with Crippen LogP contribution in [0, 0.1) is 11.5 Å². The van der Waals surface area contributed by atoms with Crippen LogP contribution in [0.25, 0.3) is 11.1 Å². The van der Waals surface area contributed by atoms with Crippen molar-refractivity contribution in [1.29, 1.82) is 5.26 Å². The third-order valence-electron chi connectivity index (χ3n) is 2.47. The van der Waals surface area contributed by atoms with Gasteiger partial charge in [0.25, 0.3) is 0 Å². The minimum atomic E-state index is 0.573. The lowest BCUT2D eigenvalue weighted by Crippen LogP contribution is -2.12. The Morgan fingerprint density at radius 1 is 1.26 bits per heavy atom. The van der Waals surface area contributed by atoms with Crippen molar-refractivity contribution in [3.63, 3.8) is 0 Å². The molecule has 0 aliphatic carbocycles. The van der Waals surface area contributed by atoms with Crippen LogP contribution in [0.15, 0.2) is 53.8 Å². The largest absolute Gasteiger partial charge is 0.271 e. The molecule has 19 heavy (non-hydrogen) atoms. The molecule has 0 saturated carbocycles. The number of nitrogens with one attached hydrogen (secondary N) is 1. The summed E-state index contributed by atoms with van der Waals surface area (Å²) in [5.74, 6) is 0. The number of amidine groups is 1. The number of benzene rings is 1. The molecule has 0 fully saturated rings. The molecule has 0 aliphatic rings. The number of hydrogen-bond acceptors (Lipinski definition) is 4. The second-order valence-corrected chi connectivity index (χ2v) is 4.41. The van der Waals surface area contributed by atoms with E-state index in [4.69, 9.17) is 5.26 Å². The fraction of sp³-hybridized carbons (Fsp3) is 0.0714. The van der Waals surface area contributed by atoms with Crippen LogP contribution in [0.4, 0.5) is 5.69 Å². The topological polar surface area (TPSA) is 61.1 Å². The summed E-state index contributed by atoms with van der Waals surface area (Å²) >= 11 is 1.40. The molecule has 0 amide bonds. The number of thioether (sulfide) groups is 1. The van der Waals surface area contributed by atoms with E-state index in [-0.39, 0.29) is 0 Å². The first-order valence-corrected chi connectivity index (χ1v) is 6.85. The molecule has 0 spiro atoms. The van der Waals surface area contributed by atoms with Gasteiger partial charge in [-0.3, -0.25) is 10.3 Å². The van der Waals surface area contributed by atoms with Gasteiger partial charge >= 0.3 is 0 Å². The number of nitriles is 1. The van der Waals surface area contributed by atoms with E-state index in [9.17, 15) is 0 Å². The van der Waals surface area contributed by atoms with Crippen LogP contribution in [0.5, 0.6) is 0 Å². The molecule has 0 aliphatic heterocycles. The molecular formula is C14H12N4S. The van der Waals surface area contributed by atoms with Crippen LogP contribution in [-0.2, 0) is 0 Å². The highest BCUT2D eigenvalue weighted by atomic mass is 32.2. The number of aliphatic imine (C=N–C) groups is 1. The molecule has 94 valence electrons. The van der Waals surface area contributed by atoms with Gasteiger partial charge in [0.2, 0.25) is 0 Å². The number of para-hydroxylation sites is 1. The molecule has 4 nitrogen and oxygen atoms in total. The van der Waals surface area contributed by atoms with E-state index in [1.807, 2.05) is 48.8 Å². The number of aromatic nitrogens is 1. The van der Waals surface area contributed by atoms with E-state index in [1.54, 1.807) is 12.4 Å². The summed E-state index contributed by atoms with van der Waals surface area (Å²) in [7, 11) is 0. The Bertz CT molecular complexity index is 617. The average Bonchev–Trinajstić information content (AvgIpc) is 2.48. The molecule has 0 unspecified atom stereocenters. The zero-order chi connectivity index (χ0) is 13.5. The van der Waals surface area contributed by atoms with E-state index >= 15 is 0 Å². The highest BCUT2D eigenvalue weighted by molar-refractivity contribution is 8.13. The Hall–Kier alpha value is -2.32. The first-order chi connectivity index (χ1) is 9.35. The zero-order valence-electron chi connectivity index (χ0n) is 10.4. The second kappa shape index (κ2) is 6.57. The zero-order valence-corrected chi connectivity index (χ0v) is 11.2. The summed E-state index contributed by atoms with van der Waals surface area (Å²) in [6, 6.07) is 11.7. The molecule has 1 heterocycles. The summed E-state index contributed by atoms with van der Waals surface area (Å²) in [5, 5.41) is 11.8. The molecule has 1 aromatic carbocycles. The fourth-order valence-electron chi connectivity index (χ4n) is 1.63. The minimum Gasteiger partial charge on any atom is -0.271 e. The summed E-state index contributed by atoms with van der Waals surface area (Å²) in [4.78, 5) is 8.48. The molecule has 1 N–H and O–H groups in total. The lowest BCUT2D eigenvalue weighted by Gasteiger charge is -2.06. The summed E-state index contributed by atoms with van der Waals surface area (Å²) in [5.41, 5.74) is 2.88. The summed E-state index contributed by atoms with van der Waals surface area (Å²) in [6.45, 7) is 0. The SMILES string of the molecule is CSC(=Nc1ccccc1-c1ccncc1)NC#N. The Morgan fingerprint density at radius 2 is 2.00 bits per heavy atom. The Labute approximate surface area is 116 Å². The van der Waals surface area contributed by atoms with Crippen molar-refractivity contribution < 1.29 is 0 Å². The van der Waals surface area contributed by atoms with Crippen molar-refractivity contribution in [2.24, 2.45) is 4.99 Å². The van der Waals surface area contributed by atoms with Crippen LogP contribution in [0.1, 0.15) is 0 Å². The maximum absolute atomic E-state index is 8.67. The van der Waals surface area contributed by atoms with Crippen LogP contribution in [0.2, 0.25) is 0 Å². The van der Waals surface area contributed by atoms with E-state index in [0.717, 1.165) is 16.8 Å². The van der Waals surface area contributed by atoms with Crippen LogP contribution >= 0.6 is 11.8 Å². The van der Waals surface area contributed by atoms with Gasteiger partial charge in [0.05, 0.1) is 5.69 Å². The minimum absolute atomic E-state index is 0.573. The Morgan fingerprint density at radius 3 is 2.68 bits per heavy atom. The maximum Gasteiger partial charge on any atom is 0.183 e. The molecular weight excluding hydrogens is 256 g/mol. The van der Waals surface area contributed by atoms with Gasteiger partial charge < -0.3 is 0 Å². The summed E-state index contributed by atoms with van der Waals surface area (Å²) < 4.78 is 0. The third-order valence-corrected chi connectivity index (χ3v) is 3.05. The van der Waals surface area contributed by atoms with E-state index in [1.165, 1.54) is 11.8 Å². The molecule has 0 bridgehead atoms. The molecule has 2 rings (SSSR count). The van der Waals surface area contributed by atoms with Gasteiger partial charge in [-0.1, -0.05) is 30.0 Å². The first-order valence-electron chi connectivity index (χ1n) is 5.62. The Balaban J connectivity index is 2.45. The van der Waals surface area contributed by atoms with Gasteiger partial charge in [-0.05, 0) is 30.0 Å². The van der Waals surface area contributed by atoms with Crippen molar-refractivity contribution in [3.8, 4) is 17.3 Å². The second-order valence-electron chi connectivity index (χ2n) is 3.61. The van der Waals surface area contributed by atoms with Gasteiger partial charge in [-0.25, -0.2) is 4.99 Å². The monoisotopic (exact) mass is 268 g/mol. The average molecular weight is 268 g/mol. The van der Waals surface area contributed by atoms with Gasteiger partial charge in [-0.2, -0.15) is 5.26 Å². The van der Waals surface area contributed by atoms with Crippen molar-refractivity contribution in [3.05, 3.63) is 48.8 Å². The van der Waals surface area contributed by atoms with Crippen LogP contribution < -0.4 is 5.32 Å². The molecule has 0 radical (unpaired) electrons. The molecule has 1 aromatic heterocycles. The molecule has 0 saturated heterocycles. The number of hydrogen-bond donors (Lipinski definition) is 1. The van der Waals surface area contributed by atoms with Crippen LogP contribution in [-0.4, -0.2) is 16.4 Å². The van der Waals surface area contributed by atoms with Gasteiger partial charge in [0, 0.05) is 18.0 Å². The van der Waals surface area contributed by atoms with Gasteiger partial charge in [0.15, 0.2) is 11.4 Å². The smallest absolute Gasteiger partial charge is 0.183 e. The predicted octanol–water partition coefficient (Wildman–Crippen LogP) is 3.17. The van der Waals surface area contributed by atoms with Crippen molar-refractivity contribution in [1.82, 2.24) is 10.3 Å². The standard InChI is InChI=1S/C14H12N4S/c1-19-14(17-10-15)18-13-5-3-2-4-12(13)11-6-8-16-9-7-11/h2-9H,1H3,(H,17,18). The van der Waals surface area contributed by atoms with Crippen molar-refractivity contribution in [2.45, 2.75) is 0 Å². The van der Waals surface area contributed by atoms with E-state index in [2.05, 4.69) is 15.3 Å². The quantitative estimate of drug-likeness (QED) is 0.393. The van der Waals surface area contributed by atoms with Gasteiger partial charge in [-0.15, -0.1) is 0 Å². The lowest BCUT2D eigenvalue weighted by atomic mass is 10.1. The first kappa shape index (κ1) is 13.1. The van der Waals surface area contributed by atoms with E-state index < -0.39 is 0 Å². The van der Waals surface area contributed by atoms with Crippen molar-refractivity contribution >= 4 is 22.6 Å². The number of rotatable bonds is 2. The lowest BCUT2D eigenvalue weighted by molar-refractivity contribution is 1.28. The molecule has 2 aromatic rings. The number of nitrogens with zero attached hydrogens (tertiary/aromatic N) is 3. The van der Waals surface area contributed by atoms with Crippen molar-refractivity contribution in [2.75, 3.05) is 6.26 Å². The fourth-order valence-corrected chi connectivity index (χ4v) is 1.97. The predicted molar refractivity (Wildman–Crippen MR) is 79.0 cm³/mol. The number of pyridine rings is 1. The highest BCUT2D eigenvalue weighted by Crippen LogP contribution is 2.30. The highest BCUT2D eigenvalue weighted by Gasteiger charge is 2.04. The van der Waals surface area contributed by atoms with Crippen LogP contribution in [0.3, 0.4) is 0 Å². The van der Waals surface area contributed by atoms with E-state index in [0.29, 0.717) is 5.17 Å². The summed E-state index contributed by atoms with van der Waals surface area (Å²) in [6.07, 6.45) is 7.26. The molecule has 0 atom stereocenters. The third kappa shape index (κ3) is 3.33. The normalized spacial score (nSPS) is 10.8. The maximum atomic E-state index is 8.67. The molecule has 5 heteroatoms.